The lowest BCUT2D eigenvalue weighted by Crippen LogP contribution is -2.42. The van der Waals surface area contributed by atoms with Crippen molar-refractivity contribution in [3.05, 3.63) is 79.0 Å². The summed E-state index contributed by atoms with van der Waals surface area (Å²) in [6, 6.07) is 9.44. The third kappa shape index (κ3) is 3.77. The molecule has 0 saturated carbocycles. The van der Waals surface area contributed by atoms with Crippen molar-refractivity contribution in [2.24, 2.45) is 10.9 Å². The molecule has 0 amide bonds. The molecule has 1 aromatic heterocycles. The van der Waals surface area contributed by atoms with Crippen LogP contribution in [0.4, 0.5) is 0 Å². The van der Waals surface area contributed by atoms with E-state index >= 15 is 0 Å². The number of esters is 1. The highest BCUT2D eigenvalue weighted by Gasteiger charge is 2.37. The van der Waals surface area contributed by atoms with Crippen LogP contribution >= 0.6 is 11.3 Å². The largest absolute Gasteiger partial charge is 0.463 e. The lowest BCUT2D eigenvalue weighted by atomic mass is 9.82. The van der Waals surface area contributed by atoms with E-state index in [1.807, 2.05) is 43.3 Å². The number of allylic oxidation sites excluding steroid dienone is 3. The average molecular weight is 409 g/mol. The summed E-state index contributed by atoms with van der Waals surface area (Å²) < 4.78 is 7.69. The topological polar surface area (TPSA) is 60.7 Å². The quantitative estimate of drug-likeness (QED) is 0.577. The Bertz CT molecular complexity index is 1150. The van der Waals surface area contributed by atoms with Crippen LogP contribution in [0.3, 0.4) is 0 Å². The van der Waals surface area contributed by atoms with Crippen molar-refractivity contribution in [3.8, 4) is 0 Å². The number of ether oxygens (including phenoxy) is 1. The number of carbonyl (C=O) groups excluding carboxylic acids is 1. The zero-order valence-electron chi connectivity index (χ0n) is 16.6. The van der Waals surface area contributed by atoms with Crippen molar-refractivity contribution in [2.45, 2.75) is 39.2 Å². The summed E-state index contributed by atoms with van der Waals surface area (Å²) in [4.78, 5) is 31.5. The maximum Gasteiger partial charge on any atom is 0.337 e. The molecule has 5 nitrogen and oxygen atoms in total. The Hall–Kier alpha value is -2.73. The zero-order chi connectivity index (χ0) is 20.4. The van der Waals surface area contributed by atoms with Crippen molar-refractivity contribution in [1.29, 1.82) is 0 Å². The van der Waals surface area contributed by atoms with Gasteiger partial charge in [-0.25, -0.2) is 9.79 Å². The third-order valence-corrected chi connectivity index (χ3v) is 6.40. The number of carbonyl (C=O) groups is 1. The van der Waals surface area contributed by atoms with Crippen molar-refractivity contribution < 1.29 is 9.53 Å². The van der Waals surface area contributed by atoms with Crippen LogP contribution in [0, 0.1) is 5.92 Å². The van der Waals surface area contributed by atoms with Gasteiger partial charge in [0.05, 0.1) is 28.5 Å². The first-order valence-electron chi connectivity index (χ1n) is 10.00. The Morgan fingerprint density at radius 1 is 1.31 bits per heavy atom. The second kappa shape index (κ2) is 8.33. The highest BCUT2D eigenvalue weighted by atomic mass is 32.1. The van der Waals surface area contributed by atoms with Gasteiger partial charge in [0, 0.05) is 0 Å². The smallest absolute Gasteiger partial charge is 0.337 e. The van der Waals surface area contributed by atoms with E-state index in [9.17, 15) is 9.59 Å². The van der Waals surface area contributed by atoms with E-state index in [2.05, 4.69) is 17.1 Å². The van der Waals surface area contributed by atoms with Crippen molar-refractivity contribution in [1.82, 2.24) is 4.57 Å². The molecule has 6 heteroatoms. The minimum absolute atomic E-state index is 0.0912. The van der Waals surface area contributed by atoms with Gasteiger partial charge in [0.2, 0.25) is 0 Å². The predicted octanol–water partition coefficient (Wildman–Crippen LogP) is 3.11. The molecule has 2 aliphatic rings. The number of thiazole rings is 1. The highest BCUT2D eigenvalue weighted by molar-refractivity contribution is 7.07. The summed E-state index contributed by atoms with van der Waals surface area (Å²) in [7, 11) is 0. The molecule has 150 valence electrons. The fourth-order valence-corrected chi connectivity index (χ4v) is 5.14. The van der Waals surface area contributed by atoms with Crippen LogP contribution in [0.5, 0.6) is 0 Å². The van der Waals surface area contributed by atoms with E-state index in [1.165, 1.54) is 11.3 Å². The van der Waals surface area contributed by atoms with Crippen LogP contribution in [0.2, 0.25) is 0 Å². The molecular weight excluding hydrogens is 384 g/mol. The monoisotopic (exact) mass is 408 g/mol. The van der Waals surface area contributed by atoms with E-state index in [4.69, 9.17) is 4.74 Å². The summed E-state index contributed by atoms with van der Waals surface area (Å²) in [5, 5.41) is 0. The van der Waals surface area contributed by atoms with Crippen LogP contribution in [0.25, 0.3) is 6.08 Å². The van der Waals surface area contributed by atoms with Gasteiger partial charge in [-0.05, 0) is 50.7 Å². The minimum atomic E-state index is -0.370. The Morgan fingerprint density at radius 2 is 2.10 bits per heavy atom. The number of aromatic nitrogens is 1. The summed E-state index contributed by atoms with van der Waals surface area (Å²) in [5.41, 5.74) is 2.05. The Kier molecular flexibility index (Phi) is 5.62. The van der Waals surface area contributed by atoms with Gasteiger partial charge in [-0.3, -0.25) is 9.36 Å². The van der Waals surface area contributed by atoms with Crippen LogP contribution < -0.4 is 14.9 Å². The van der Waals surface area contributed by atoms with Gasteiger partial charge in [0.25, 0.3) is 5.56 Å². The molecule has 1 aliphatic carbocycles. The summed E-state index contributed by atoms with van der Waals surface area (Å²) in [6.07, 6.45) is 8.91. The molecular formula is C23H24N2O3S. The molecule has 4 rings (SSSR count). The molecule has 0 radical (unpaired) electrons. The molecule has 0 saturated heterocycles. The van der Waals surface area contributed by atoms with E-state index in [1.54, 1.807) is 11.5 Å². The summed E-state index contributed by atoms with van der Waals surface area (Å²) >= 11 is 1.38. The first-order valence-corrected chi connectivity index (χ1v) is 10.8. The Labute approximate surface area is 173 Å². The molecule has 0 fully saturated rings. The van der Waals surface area contributed by atoms with Gasteiger partial charge in [0.1, 0.15) is 0 Å². The van der Waals surface area contributed by atoms with Gasteiger partial charge in [-0.2, -0.15) is 0 Å². The highest BCUT2D eigenvalue weighted by Crippen LogP contribution is 2.37. The second-order valence-electron chi connectivity index (χ2n) is 7.30. The number of rotatable bonds is 4. The summed E-state index contributed by atoms with van der Waals surface area (Å²) in [6.45, 7) is 3.93. The predicted molar refractivity (Wildman–Crippen MR) is 114 cm³/mol. The molecule has 2 aromatic rings. The van der Waals surface area contributed by atoms with Gasteiger partial charge < -0.3 is 4.74 Å². The van der Waals surface area contributed by atoms with E-state index in [0.717, 1.165) is 24.8 Å². The molecule has 0 spiro atoms. The number of hydrogen-bond donors (Lipinski definition) is 0. The van der Waals surface area contributed by atoms with Crippen LogP contribution in [0.15, 0.2) is 63.5 Å². The number of nitrogens with zero attached hydrogens (tertiary/aromatic N) is 2. The van der Waals surface area contributed by atoms with Crippen molar-refractivity contribution in [2.75, 3.05) is 6.61 Å². The fourth-order valence-electron chi connectivity index (χ4n) is 4.09. The van der Waals surface area contributed by atoms with E-state index < -0.39 is 0 Å². The molecule has 0 unspecified atom stereocenters. The molecule has 2 atom stereocenters. The normalized spacial score (nSPS) is 21.7. The van der Waals surface area contributed by atoms with Crippen molar-refractivity contribution >= 4 is 23.4 Å². The number of benzene rings is 1. The van der Waals surface area contributed by atoms with Crippen LogP contribution in [0.1, 0.15) is 44.7 Å². The van der Waals surface area contributed by atoms with Gasteiger partial charge in [0.15, 0.2) is 4.80 Å². The third-order valence-electron chi connectivity index (χ3n) is 5.41. The average Bonchev–Trinajstić information content (AvgIpc) is 3.03. The lowest BCUT2D eigenvalue weighted by molar-refractivity contribution is -0.139. The van der Waals surface area contributed by atoms with Crippen LogP contribution in [-0.4, -0.2) is 17.1 Å². The minimum Gasteiger partial charge on any atom is -0.463 e. The SMILES string of the molecule is CCOC(=O)C1=C(C)N=c2s/c(=C\c3ccccc3)c(=O)n2[C@@H]1[C@@H]1CC=CCC1. The summed E-state index contributed by atoms with van der Waals surface area (Å²) in [5.74, 6) is -0.203. The lowest BCUT2D eigenvalue weighted by Gasteiger charge is -2.32. The fraction of sp³-hybridized carbons (Fsp3) is 0.348. The Morgan fingerprint density at radius 3 is 2.79 bits per heavy atom. The maximum absolute atomic E-state index is 13.4. The standard InChI is InChI=1S/C23H24N2O3S/c1-3-28-22(27)19-15(2)24-23-25(20(19)17-12-8-5-9-13-17)21(26)18(29-23)14-16-10-6-4-7-11-16/h4-8,10-11,14,17,20H,3,9,12-13H2,1-2H3/b18-14-/t17-,20-/m1/s1. The number of hydrogen-bond acceptors (Lipinski definition) is 5. The number of fused-ring (bicyclic) bond motifs is 1. The van der Waals surface area contributed by atoms with Gasteiger partial charge in [-0.15, -0.1) is 0 Å². The van der Waals surface area contributed by atoms with Crippen LogP contribution in [-0.2, 0) is 9.53 Å². The molecule has 0 bridgehead atoms. The van der Waals surface area contributed by atoms with Gasteiger partial charge in [-0.1, -0.05) is 53.8 Å². The first kappa shape index (κ1) is 19.6. The van der Waals surface area contributed by atoms with E-state index in [0.29, 0.717) is 27.2 Å². The maximum atomic E-state index is 13.4. The Balaban J connectivity index is 1.90. The zero-order valence-corrected chi connectivity index (χ0v) is 17.4. The molecule has 1 aromatic carbocycles. The van der Waals surface area contributed by atoms with Gasteiger partial charge >= 0.3 is 5.97 Å². The second-order valence-corrected chi connectivity index (χ2v) is 8.31. The molecule has 2 heterocycles. The van der Waals surface area contributed by atoms with E-state index in [-0.39, 0.29) is 23.5 Å². The molecule has 1 aliphatic heterocycles. The molecule has 29 heavy (non-hydrogen) atoms. The van der Waals surface area contributed by atoms with Crippen molar-refractivity contribution in [3.63, 3.8) is 0 Å². The molecule has 0 N–H and O–H groups in total. The first-order chi connectivity index (χ1) is 14.1.